The fourth-order valence-electron chi connectivity index (χ4n) is 2.86. The van der Waals surface area contributed by atoms with Crippen molar-refractivity contribution >= 4 is 33.9 Å². The molecule has 1 amide bonds. The van der Waals surface area contributed by atoms with Crippen molar-refractivity contribution in [2.24, 2.45) is 0 Å². The Bertz CT molecular complexity index is 1070. The molecule has 4 rings (SSSR count). The van der Waals surface area contributed by atoms with E-state index >= 15 is 0 Å². The molecule has 0 aliphatic rings. The maximum atomic E-state index is 12.0. The Balaban J connectivity index is 1.37. The minimum Gasteiger partial charge on any atom is -0.484 e. The van der Waals surface area contributed by atoms with Crippen molar-refractivity contribution in [3.05, 3.63) is 91.1 Å². The Kier molecular flexibility index (Phi) is 5.15. The van der Waals surface area contributed by atoms with Crippen molar-refractivity contribution in [1.29, 1.82) is 0 Å². The van der Waals surface area contributed by atoms with Gasteiger partial charge in [0.15, 0.2) is 6.61 Å². The lowest BCUT2D eigenvalue weighted by Crippen LogP contribution is -2.20. The number of fused-ring (bicyclic) bond motifs is 1. The molecule has 1 heterocycles. The lowest BCUT2D eigenvalue weighted by Gasteiger charge is -2.11. The lowest BCUT2D eigenvalue weighted by molar-refractivity contribution is -0.118. The molecule has 0 saturated heterocycles. The first-order chi connectivity index (χ1) is 13.8. The summed E-state index contributed by atoms with van der Waals surface area (Å²) in [5.41, 5.74) is 3.48. The summed E-state index contributed by atoms with van der Waals surface area (Å²) < 4.78 is 5.45. The number of para-hydroxylation sites is 2. The number of rotatable bonds is 6. The van der Waals surface area contributed by atoms with Gasteiger partial charge in [-0.2, -0.15) is 0 Å². The molecule has 0 unspecified atom stereocenters. The van der Waals surface area contributed by atoms with Crippen LogP contribution in [0, 0.1) is 0 Å². The van der Waals surface area contributed by atoms with Gasteiger partial charge in [0.25, 0.3) is 5.91 Å². The van der Waals surface area contributed by atoms with Crippen LogP contribution in [0.3, 0.4) is 0 Å². The molecule has 0 bridgehead atoms. The van der Waals surface area contributed by atoms with Crippen molar-refractivity contribution in [2.75, 3.05) is 17.2 Å². The van der Waals surface area contributed by atoms with E-state index in [1.165, 1.54) is 0 Å². The number of anilines is 3. The number of pyridine rings is 1. The van der Waals surface area contributed by atoms with Gasteiger partial charge in [-0.25, -0.2) is 0 Å². The van der Waals surface area contributed by atoms with Crippen LogP contribution >= 0.6 is 0 Å². The van der Waals surface area contributed by atoms with Gasteiger partial charge in [0.1, 0.15) is 5.75 Å². The molecule has 1 aromatic heterocycles. The second-order valence-corrected chi connectivity index (χ2v) is 6.23. The summed E-state index contributed by atoms with van der Waals surface area (Å²) in [6.45, 7) is -0.0360. The van der Waals surface area contributed by atoms with Gasteiger partial charge >= 0.3 is 0 Å². The number of amides is 1. The van der Waals surface area contributed by atoms with Gasteiger partial charge in [0.2, 0.25) is 0 Å². The van der Waals surface area contributed by atoms with E-state index in [-0.39, 0.29) is 12.5 Å². The minimum absolute atomic E-state index is 0.0360. The second kappa shape index (κ2) is 8.22. The SMILES string of the molecule is O=C(COc1ccccc1)Nc1ccc(Nc2cccc3cccnc23)cc1. The van der Waals surface area contributed by atoms with Crippen molar-refractivity contribution in [3.63, 3.8) is 0 Å². The molecule has 2 N–H and O–H groups in total. The Morgan fingerprint density at radius 3 is 2.39 bits per heavy atom. The van der Waals surface area contributed by atoms with Crippen molar-refractivity contribution in [1.82, 2.24) is 4.98 Å². The van der Waals surface area contributed by atoms with Crippen LogP contribution in [-0.2, 0) is 4.79 Å². The third-order valence-electron chi connectivity index (χ3n) is 4.19. The first kappa shape index (κ1) is 17.5. The summed E-state index contributed by atoms with van der Waals surface area (Å²) in [7, 11) is 0. The number of aromatic nitrogens is 1. The predicted octanol–water partition coefficient (Wildman–Crippen LogP) is 5.00. The molecule has 0 aliphatic heterocycles. The van der Waals surface area contributed by atoms with E-state index in [9.17, 15) is 4.79 Å². The summed E-state index contributed by atoms with van der Waals surface area (Å²) in [6.07, 6.45) is 1.78. The summed E-state index contributed by atoms with van der Waals surface area (Å²) >= 11 is 0. The average molecular weight is 369 g/mol. The fourth-order valence-corrected chi connectivity index (χ4v) is 2.86. The molecule has 138 valence electrons. The highest BCUT2D eigenvalue weighted by Gasteiger charge is 2.05. The van der Waals surface area contributed by atoms with E-state index in [0.29, 0.717) is 11.4 Å². The van der Waals surface area contributed by atoms with Crippen LogP contribution in [0.1, 0.15) is 0 Å². The number of hydrogen-bond acceptors (Lipinski definition) is 4. The molecule has 4 aromatic rings. The van der Waals surface area contributed by atoms with E-state index in [4.69, 9.17) is 4.74 Å². The van der Waals surface area contributed by atoms with E-state index in [1.807, 2.05) is 84.9 Å². The van der Waals surface area contributed by atoms with Crippen LogP contribution in [0.5, 0.6) is 5.75 Å². The van der Waals surface area contributed by atoms with Crippen molar-refractivity contribution in [3.8, 4) is 5.75 Å². The third kappa shape index (κ3) is 4.27. The van der Waals surface area contributed by atoms with Crippen molar-refractivity contribution < 1.29 is 9.53 Å². The molecule has 28 heavy (non-hydrogen) atoms. The van der Waals surface area contributed by atoms with Gasteiger partial charge < -0.3 is 15.4 Å². The number of benzene rings is 3. The maximum Gasteiger partial charge on any atom is 0.262 e. The first-order valence-electron chi connectivity index (χ1n) is 8.96. The zero-order chi connectivity index (χ0) is 19.2. The molecule has 0 atom stereocenters. The lowest BCUT2D eigenvalue weighted by atomic mass is 10.2. The highest BCUT2D eigenvalue weighted by atomic mass is 16.5. The zero-order valence-corrected chi connectivity index (χ0v) is 15.1. The number of ether oxygens (including phenoxy) is 1. The quantitative estimate of drug-likeness (QED) is 0.502. The van der Waals surface area contributed by atoms with Gasteiger partial charge in [-0.15, -0.1) is 0 Å². The van der Waals surface area contributed by atoms with Crippen LogP contribution in [0.4, 0.5) is 17.1 Å². The normalized spacial score (nSPS) is 10.4. The van der Waals surface area contributed by atoms with Crippen LogP contribution in [-0.4, -0.2) is 17.5 Å². The summed E-state index contributed by atoms with van der Waals surface area (Å²) in [6, 6.07) is 26.8. The van der Waals surface area contributed by atoms with Crippen LogP contribution in [0.25, 0.3) is 10.9 Å². The summed E-state index contributed by atoms with van der Waals surface area (Å²) in [5.74, 6) is 0.462. The molecular weight excluding hydrogens is 350 g/mol. The molecule has 3 aromatic carbocycles. The highest BCUT2D eigenvalue weighted by molar-refractivity contribution is 5.93. The Labute approximate surface area is 163 Å². The highest BCUT2D eigenvalue weighted by Crippen LogP contribution is 2.25. The topological polar surface area (TPSA) is 63.2 Å². The third-order valence-corrected chi connectivity index (χ3v) is 4.19. The number of hydrogen-bond donors (Lipinski definition) is 2. The smallest absolute Gasteiger partial charge is 0.262 e. The summed E-state index contributed by atoms with van der Waals surface area (Å²) in [4.78, 5) is 16.5. The number of carbonyl (C=O) groups excluding carboxylic acids is 1. The van der Waals surface area contributed by atoms with Crippen molar-refractivity contribution in [2.45, 2.75) is 0 Å². The molecule has 0 radical (unpaired) electrons. The molecule has 0 saturated carbocycles. The number of carbonyl (C=O) groups is 1. The molecule has 0 spiro atoms. The van der Waals surface area contributed by atoms with E-state index in [2.05, 4.69) is 15.6 Å². The minimum atomic E-state index is -0.206. The van der Waals surface area contributed by atoms with E-state index in [0.717, 1.165) is 22.3 Å². The average Bonchev–Trinajstić information content (AvgIpc) is 2.75. The molecule has 5 heteroatoms. The van der Waals surface area contributed by atoms with Gasteiger partial charge in [-0.05, 0) is 48.5 Å². The molecule has 0 aliphatic carbocycles. The molecular formula is C23H19N3O2. The van der Waals surface area contributed by atoms with Gasteiger partial charge in [0, 0.05) is 23.0 Å². The number of nitrogens with one attached hydrogen (secondary N) is 2. The van der Waals surface area contributed by atoms with Gasteiger partial charge in [-0.1, -0.05) is 36.4 Å². The van der Waals surface area contributed by atoms with Crippen LogP contribution < -0.4 is 15.4 Å². The van der Waals surface area contributed by atoms with E-state index in [1.54, 1.807) is 6.20 Å². The number of nitrogens with zero attached hydrogens (tertiary/aromatic N) is 1. The second-order valence-electron chi connectivity index (χ2n) is 6.23. The van der Waals surface area contributed by atoms with E-state index < -0.39 is 0 Å². The summed E-state index contributed by atoms with van der Waals surface area (Å²) in [5, 5.41) is 7.28. The monoisotopic (exact) mass is 369 g/mol. The first-order valence-corrected chi connectivity index (χ1v) is 8.96. The Morgan fingerprint density at radius 1 is 0.821 bits per heavy atom. The standard InChI is InChI=1S/C23H19N3O2/c27-22(16-28-20-8-2-1-3-9-20)26-19-13-11-18(12-14-19)25-21-10-4-6-17-7-5-15-24-23(17)21/h1-15,25H,16H2,(H,26,27). The van der Waals surface area contributed by atoms with Crippen LogP contribution in [0.2, 0.25) is 0 Å². The zero-order valence-electron chi connectivity index (χ0n) is 15.1. The molecule has 0 fully saturated rings. The maximum absolute atomic E-state index is 12.0. The predicted molar refractivity (Wildman–Crippen MR) is 112 cm³/mol. The largest absolute Gasteiger partial charge is 0.484 e. The van der Waals surface area contributed by atoms with Gasteiger partial charge in [-0.3, -0.25) is 9.78 Å². The van der Waals surface area contributed by atoms with Crippen LogP contribution in [0.15, 0.2) is 91.1 Å². The Hall–Kier alpha value is -3.86. The molecule has 5 nitrogen and oxygen atoms in total. The van der Waals surface area contributed by atoms with Gasteiger partial charge in [0.05, 0.1) is 11.2 Å². The Morgan fingerprint density at radius 2 is 1.57 bits per heavy atom. The fraction of sp³-hybridized carbons (Fsp3) is 0.0435.